The molecule has 0 aromatic rings. The van der Waals surface area contributed by atoms with Crippen molar-refractivity contribution < 1.29 is 4.79 Å². The van der Waals surface area contributed by atoms with Gasteiger partial charge in [-0.25, -0.2) is 0 Å². The van der Waals surface area contributed by atoms with Gasteiger partial charge in [-0.05, 0) is 38.5 Å². The molecule has 0 aromatic carbocycles. The average Bonchev–Trinajstić information content (AvgIpc) is 2.27. The van der Waals surface area contributed by atoms with Crippen LogP contribution in [0.1, 0.15) is 46.0 Å². The molecule has 0 unspecified atom stereocenters. The lowest BCUT2D eigenvalue weighted by molar-refractivity contribution is -0.129. The van der Waals surface area contributed by atoms with Crippen LogP contribution in [0.5, 0.6) is 0 Å². The zero-order chi connectivity index (χ0) is 11.3. The first-order chi connectivity index (χ1) is 7.14. The minimum absolute atomic E-state index is 0.254. The van der Waals surface area contributed by atoms with Gasteiger partial charge in [0.2, 0.25) is 0 Å². The summed E-state index contributed by atoms with van der Waals surface area (Å²) in [6, 6.07) is 0. The lowest BCUT2D eigenvalue weighted by atomic mass is 9.68. The van der Waals surface area contributed by atoms with Crippen LogP contribution < -0.4 is 5.73 Å². The molecule has 0 aromatic heterocycles. The van der Waals surface area contributed by atoms with E-state index in [1.807, 2.05) is 0 Å². The molecule has 2 heteroatoms. The first-order valence-corrected chi connectivity index (χ1v) is 5.77. The second kappa shape index (κ2) is 5.32. The third-order valence-corrected chi connectivity index (χ3v) is 3.64. The SMILES string of the molecule is CC#CCC(=O)C1(CN)CCC(C)CC1. The van der Waals surface area contributed by atoms with E-state index in [0.29, 0.717) is 13.0 Å². The minimum Gasteiger partial charge on any atom is -0.329 e. The molecule has 1 aliphatic carbocycles. The second-order valence-corrected chi connectivity index (χ2v) is 4.69. The third kappa shape index (κ3) is 2.82. The number of rotatable bonds is 3. The lowest BCUT2D eigenvalue weighted by Gasteiger charge is -2.36. The second-order valence-electron chi connectivity index (χ2n) is 4.69. The molecule has 0 heterocycles. The van der Waals surface area contributed by atoms with Crippen molar-refractivity contribution in [3.63, 3.8) is 0 Å². The molecule has 0 atom stereocenters. The molecule has 0 bridgehead atoms. The zero-order valence-corrected chi connectivity index (χ0v) is 9.81. The quantitative estimate of drug-likeness (QED) is 0.720. The van der Waals surface area contributed by atoms with Gasteiger partial charge in [0.05, 0.1) is 6.42 Å². The molecule has 1 saturated carbocycles. The normalized spacial score (nSPS) is 30.5. The van der Waals surface area contributed by atoms with Crippen LogP contribution in [-0.2, 0) is 4.79 Å². The first-order valence-electron chi connectivity index (χ1n) is 5.77. The maximum atomic E-state index is 12.0. The van der Waals surface area contributed by atoms with Crippen LogP contribution in [0.3, 0.4) is 0 Å². The highest BCUT2D eigenvalue weighted by Crippen LogP contribution is 2.39. The Morgan fingerprint density at radius 3 is 2.53 bits per heavy atom. The van der Waals surface area contributed by atoms with E-state index in [1.165, 1.54) is 0 Å². The number of hydrogen-bond donors (Lipinski definition) is 1. The van der Waals surface area contributed by atoms with Gasteiger partial charge in [-0.15, -0.1) is 5.92 Å². The molecule has 15 heavy (non-hydrogen) atoms. The number of ketones is 1. The Balaban J connectivity index is 2.66. The smallest absolute Gasteiger partial charge is 0.152 e. The van der Waals surface area contributed by atoms with E-state index < -0.39 is 0 Å². The van der Waals surface area contributed by atoms with Crippen LogP contribution in [0.15, 0.2) is 0 Å². The molecule has 0 radical (unpaired) electrons. The van der Waals surface area contributed by atoms with E-state index in [1.54, 1.807) is 6.92 Å². The van der Waals surface area contributed by atoms with Crippen molar-refractivity contribution in [3.8, 4) is 11.8 Å². The predicted molar refractivity (Wildman–Crippen MR) is 62.2 cm³/mol. The number of hydrogen-bond acceptors (Lipinski definition) is 2. The Hall–Kier alpha value is -0.810. The third-order valence-electron chi connectivity index (χ3n) is 3.64. The molecular formula is C13H21NO. The van der Waals surface area contributed by atoms with Crippen molar-refractivity contribution in [1.29, 1.82) is 0 Å². The Kier molecular flexibility index (Phi) is 4.35. The average molecular weight is 207 g/mol. The standard InChI is InChI=1S/C13H21NO/c1-3-4-5-12(15)13(10-14)8-6-11(2)7-9-13/h11H,5-10,14H2,1-2H3. The lowest BCUT2D eigenvalue weighted by Crippen LogP contribution is -2.41. The highest BCUT2D eigenvalue weighted by atomic mass is 16.1. The summed E-state index contributed by atoms with van der Waals surface area (Å²) in [5, 5.41) is 0. The van der Waals surface area contributed by atoms with E-state index in [4.69, 9.17) is 5.73 Å². The van der Waals surface area contributed by atoms with E-state index >= 15 is 0 Å². The molecule has 0 amide bonds. The highest BCUT2D eigenvalue weighted by molar-refractivity contribution is 5.87. The molecule has 0 spiro atoms. The van der Waals surface area contributed by atoms with Gasteiger partial charge in [-0.3, -0.25) is 4.79 Å². The van der Waals surface area contributed by atoms with Gasteiger partial charge < -0.3 is 5.73 Å². The van der Waals surface area contributed by atoms with Gasteiger partial charge in [0.1, 0.15) is 0 Å². The summed E-state index contributed by atoms with van der Waals surface area (Å²) in [5.74, 6) is 6.64. The molecule has 0 saturated heterocycles. The number of Topliss-reactive ketones (excluding diaryl/α,β-unsaturated/α-hetero) is 1. The topological polar surface area (TPSA) is 43.1 Å². The summed E-state index contributed by atoms with van der Waals surface area (Å²) in [5.41, 5.74) is 5.53. The summed E-state index contributed by atoms with van der Waals surface area (Å²) in [6.07, 6.45) is 4.54. The highest BCUT2D eigenvalue weighted by Gasteiger charge is 2.38. The Labute approximate surface area is 92.6 Å². The maximum absolute atomic E-state index is 12.0. The van der Waals surface area contributed by atoms with Crippen LogP contribution in [0.2, 0.25) is 0 Å². The molecule has 2 nitrogen and oxygen atoms in total. The Morgan fingerprint density at radius 1 is 1.47 bits per heavy atom. The van der Waals surface area contributed by atoms with Crippen LogP contribution in [-0.4, -0.2) is 12.3 Å². The zero-order valence-electron chi connectivity index (χ0n) is 9.81. The van der Waals surface area contributed by atoms with Crippen LogP contribution >= 0.6 is 0 Å². The van der Waals surface area contributed by atoms with Crippen molar-refractivity contribution in [3.05, 3.63) is 0 Å². The van der Waals surface area contributed by atoms with Crippen molar-refractivity contribution in [1.82, 2.24) is 0 Å². The van der Waals surface area contributed by atoms with Gasteiger partial charge >= 0.3 is 0 Å². The summed E-state index contributed by atoms with van der Waals surface area (Å²) < 4.78 is 0. The van der Waals surface area contributed by atoms with E-state index in [2.05, 4.69) is 18.8 Å². The molecule has 1 fully saturated rings. The number of carbonyl (C=O) groups excluding carboxylic acids is 1. The molecule has 84 valence electrons. The Morgan fingerprint density at radius 2 is 2.07 bits per heavy atom. The maximum Gasteiger partial charge on any atom is 0.152 e. The summed E-state index contributed by atoms with van der Waals surface area (Å²) >= 11 is 0. The summed E-state index contributed by atoms with van der Waals surface area (Å²) in [6.45, 7) is 4.51. The molecule has 1 rings (SSSR count). The minimum atomic E-state index is -0.254. The van der Waals surface area contributed by atoms with Crippen LogP contribution in [0.4, 0.5) is 0 Å². The van der Waals surface area contributed by atoms with E-state index in [0.717, 1.165) is 31.6 Å². The largest absolute Gasteiger partial charge is 0.329 e. The van der Waals surface area contributed by atoms with Gasteiger partial charge in [-0.2, -0.15) is 0 Å². The fourth-order valence-corrected chi connectivity index (χ4v) is 2.27. The van der Waals surface area contributed by atoms with Crippen molar-refractivity contribution in [2.75, 3.05) is 6.54 Å². The van der Waals surface area contributed by atoms with Gasteiger partial charge in [0.25, 0.3) is 0 Å². The fraction of sp³-hybridized carbons (Fsp3) is 0.769. The molecule has 2 N–H and O–H groups in total. The summed E-state index contributed by atoms with van der Waals surface area (Å²) in [7, 11) is 0. The fourth-order valence-electron chi connectivity index (χ4n) is 2.27. The van der Waals surface area contributed by atoms with Crippen LogP contribution in [0, 0.1) is 23.2 Å². The van der Waals surface area contributed by atoms with E-state index in [9.17, 15) is 4.79 Å². The van der Waals surface area contributed by atoms with Crippen LogP contribution in [0.25, 0.3) is 0 Å². The predicted octanol–water partition coefficient (Wildman–Crippen LogP) is 2.12. The van der Waals surface area contributed by atoms with Gasteiger partial charge in [0, 0.05) is 12.0 Å². The number of carbonyl (C=O) groups is 1. The molecule has 0 aliphatic heterocycles. The van der Waals surface area contributed by atoms with Crippen molar-refractivity contribution in [2.45, 2.75) is 46.0 Å². The van der Waals surface area contributed by atoms with Gasteiger partial charge in [0.15, 0.2) is 5.78 Å². The Bertz CT molecular complexity index is 277. The molecular weight excluding hydrogens is 186 g/mol. The van der Waals surface area contributed by atoms with E-state index in [-0.39, 0.29) is 11.2 Å². The van der Waals surface area contributed by atoms with Gasteiger partial charge in [-0.1, -0.05) is 12.8 Å². The monoisotopic (exact) mass is 207 g/mol. The number of nitrogens with two attached hydrogens (primary N) is 1. The van der Waals surface area contributed by atoms with Crippen molar-refractivity contribution in [2.24, 2.45) is 17.1 Å². The van der Waals surface area contributed by atoms with Crippen molar-refractivity contribution >= 4 is 5.78 Å². The molecule has 1 aliphatic rings. The summed E-state index contributed by atoms with van der Waals surface area (Å²) in [4.78, 5) is 12.0. The first kappa shape index (κ1) is 12.3.